The Morgan fingerprint density at radius 3 is 2.38 bits per heavy atom. The summed E-state index contributed by atoms with van der Waals surface area (Å²) in [4.78, 5) is 2.57. The van der Waals surface area contributed by atoms with Crippen molar-refractivity contribution in [2.75, 3.05) is 19.6 Å². The molecular formula is C19H32N2. The fourth-order valence-corrected chi connectivity index (χ4v) is 3.64. The van der Waals surface area contributed by atoms with Crippen LogP contribution in [0.15, 0.2) is 18.2 Å². The maximum absolute atomic E-state index is 6.47. The first-order valence-electron chi connectivity index (χ1n) is 8.52. The number of hydrogen-bond donors (Lipinski definition) is 1. The third-order valence-corrected chi connectivity index (χ3v) is 4.94. The van der Waals surface area contributed by atoms with Gasteiger partial charge < -0.3 is 10.6 Å². The highest BCUT2D eigenvalue weighted by atomic mass is 15.1. The van der Waals surface area contributed by atoms with Crippen molar-refractivity contribution >= 4 is 0 Å². The van der Waals surface area contributed by atoms with Crippen molar-refractivity contribution in [3.63, 3.8) is 0 Å². The van der Waals surface area contributed by atoms with Crippen LogP contribution in [-0.4, -0.2) is 24.5 Å². The van der Waals surface area contributed by atoms with Crippen LogP contribution in [0.3, 0.4) is 0 Å². The van der Waals surface area contributed by atoms with E-state index in [1.54, 1.807) is 0 Å². The van der Waals surface area contributed by atoms with E-state index in [2.05, 4.69) is 50.8 Å². The predicted molar refractivity (Wildman–Crippen MR) is 91.5 cm³/mol. The first-order chi connectivity index (χ1) is 9.95. The van der Waals surface area contributed by atoms with E-state index < -0.39 is 0 Å². The summed E-state index contributed by atoms with van der Waals surface area (Å²) in [5.41, 5.74) is 10.4. The molecule has 2 nitrogen and oxygen atoms in total. The van der Waals surface area contributed by atoms with Crippen LogP contribution in [0.5, 0.6) is 0 Å². The monoisotopic (exact) mass is 288 g/mol. The first-order valence-corrected chi connectivity index (χ1v) is 8.52. The largest absolute Gasteiger partial charge is 0.323 e. The number of benzene rings is 1. The molecule has 0 spiro atoms. The van der Waals surface area contributed by atoms with Crippen molar-refractivity contribution in [3.8, 4) is 0 Å². The molecule has 1 aliphatic heterocycles. The Kier molecular flexibility index (Phi) is 5.83. The molecule has 1 aromatic carbocycles. The highest BCUT2D eigenvalue weighted by molar-refractivity contribution is 5.30. The molecule has 2 atom stereocenters. The number of rotatable bonds is 4. The van der Waals surface area contributed by atoms with Gasteiger partial charge in [-0.15, -0.1) is 0 Å². The van der Waals surface area contributed by atoms with E-state index in [-0.39, 0.29) is 6.04 Å². The third-order valence-electron chi connectivity index (χ3n) is 4.94. The molecule has 0 aliphatic carbocycles. The molecule has 1 saturated heterocycles. The highest BCUT2D eigenvalue weighted by Crippen LogP contribution is 2.25. The molecule has 2 heteroatoms. The molecule has 0 aromatic heterocycles. The lowest BCUT2D eigenvalue weighted by molar-refractivity contribution is 0.257. The molecule has 1 fully saturated rings. The second kappa shape index (κ2) is 7.42. The third kappa shape index (κ3) is 4.82. The van der Waals surface area contributed by atoms with E-state index in [1.165, 1.54) is 49.0 Å². The van der Waals surface area contributed by atoms with Crippen molar-refractivity contribution in [3.05, 3.63) is 34.9 Å². The summed E-state index contributed by atoms with van der Waals surface area (Å²) in [6.07, 6.45) is 4.03. The van der Waals surface area contributed by atoms with Gasteiger partial charge in [0.25, 0.3) is 0 Å². The van der Waals surface area contributed by atoms with Crippen molar-refractivity contribution in [1.82, 2.24) is 4.90 Å². The lowest BCUT2D eigenvalue weighted by atomic mass is 9.89. The van der Waals surface area contributed by atoms with Crippen LogP contribution in [0.25, 0.3) is 0 Å². The Bertz CT molecular complexity index is 433. The van der Waals surface area contributed by atoms with E-state index in [1.807, 2.05) is 0 Å². The maximum Gasteiger partial charge on any atom is 0.0424 e. The van der Waals surface area contributed by atoms with Gasteiger partial charge in [-0.2, -0.15) is 0 Å². The van der Waals surface area contributed by atoms with Crippen LogP contribution in [0, 0.1) is 25.7 Å². The van der Waals surface area contributed by atoms with Crippen LogP contribution in [0.4, 0.5) is 0 Å². The SMILES string of the molecule is Cc1cc(C)cc(C(N)CN2CCCC(C(C)C)CC2)c1. The number of hydrogen-bond acceptors (Lipinski definition) is 2. The quantitative estimate of drug-likeness (QED) is 0.905. The van der Waals surface area contributed by atoms with Gasteiger partial charge in [0.15, 0.2) is 0 Å². The van der Waals surface area contributed by atoms with Gasteiger partial charge in [0.2, 0.25) is 0 Å². The summed E-state index contributed by atoms with van der Waals surface area (Å²) in [5.74, 6) is 1.71. The summed E-state index contributed by atoms with van der Waals surface area (Å²) in [6, 6.07) is 6.84. The minimum Gasteiger partial charge on any atom is -0.323 e. The lowest BCUT2D eigenvalue weighted by Gasteiger charge is -2.25. The Morgan fingerprint density at radius 2 is 1.76 bits per heavy atom. The van der Waals surface area contributed by atoms with Crippen LogP contribution in [0.1, 0.15) is 55.8 Å². The Labute approximate surface area is 130 Å². The summed E-state index contributed by atoms with van der Waals surface area (Å²) in [5, 5.41) is 0. The molecule has 0 saturated carbocycles. The van der Waals surface area contributed by atoms with Crippen molar-refractivity contribution in [2.24, 2.45) is 17.6 Å². The predicted octanol–water partition coefficient (Wildman–Crippen LogP) is 4.06. The molecule has 0 amide bonds. The molecule has 0 bridgehead atoms. The Hall–Kier alpha value is -0.860. The molecule has 21 heavy (non-hydrogen) atoms. The molecule has 1 aliphatic rings. The highest BCUT2D eigenvalue weighted by Gasteiger charge is 2.21. The molecule has 1 aromatic rings. The zero-order chi connectivity index (χ0) is 15.4. The molecule has 2 N–H and O–H groups in total. The zero-order valence-electron chi connectivity index (χ0n) is 14.2. The molecular weight excluding hydrogens is 256 g/mol. The van der Waals surface area contributed by atoms with Gasteiger partial charge in [-0.1, -0.05) is 43.2 Å². The average Bonchev–Trinajstić information content (AvgIpc) is 2.63. The van der Waals surface area contributed by atoms with E-state index >= 15 is 0 Å². The normalized spacial score (nSPS) is 22.3. The fourth-order valence-electron chi connectivity index (χ4n) is 3.64. The number of nitrogens with zero attached hydrogens (tertiary/aromatic N) is 1. The lowest BCUT2D eigenvalue weighted by Crippen LogP contribution is -2.33. The van der Waals surface area contributed by atoms with Crippen molar-refractivity contribution in [1.29, 1.82) is 0 Å². The maximum atomic E-state index is 6.47. The Morgan fingerprint density at radius 1 is 1.10 bits per heavy atom. The second-order valence-corrected chi connectivity index (χ2v) is 7.26. The molecule has 2 unspecified atom stereocenters. The van der Waals surface area contributed by atoms with Gasteiger partial charge in [-0.25, -0.2) is 0 Å². The fraction of sp³-hybridized carbons (Fsp3) is 0.684. The van der Waals surface area contributed by atoms with Gasteiger partial charge in [0.05, 0.1) is 0 Å². The van der Waals surface area contributed by atoms with Crippen LogP contribution < -0.4 is 5.73 Å². The zero-order valence-corrected chi connectivity index (χ0v) is 14.2. The van der Waals surface area contributed by atoms with Gasteiger partial charge in [0, 0.05) is 12.6 Å². The van der Waals surface area contributed by atoms with E-state index in [0.29, 0.717) is 0 Å². The topological polar surface area (TPSA) is 29.3 Å². The van der Waals surface area contributed by atoms with Gasteiger partial charge >= 0.3 is 0 Å². The minimum atomic E-state index is 0.138. The molecule has 118 valence electrons. The minimum absolute atomic E-state index is 0.138. The van der Waals surface area contributed by atoms with E-state index in [9.17, 15) is 0 Å². The van der Waals surface area contributed by atoms with Gasteiger partial charge in [0.1, 0.15) is 0 Å². The van der Waals surface area contributed by atoms with Gasteiger partial charge in [-0.3, -0.25) is 0 Å². The summed E-state index contributed by atoms with van der Waals surface area (Å²) >= 11 is 0. The second-order valence-electron chi connectivity index (χ2n) is 7.26. The summed E-state index contributed by atoms with van der Waals surface area (Å²) < 4.78 is 0. The number of nitrogens with two attached hydrogens (primary N) is 1. The van der Waals surface area contributed by atoms with Crippen LogP contribution >= 0.6 is 0 Å². The van der Waals surface area contributed by atoms with E-state index in [0.717, 1.165) is 18.4 Å². The number of aryl methyl sites for hydroxylation is 2. The summed E-state index contributed by atoms with van der Waals surface area (Å²) in [7, 11) is 0. The molecule has 0 radical (unpaired) electrons. The average molecular weight is 288 g/mol. The smallest absolute Gasteiger partial charge is 0.0424 e. The Balaban J connectivity index is 1.94. The number of likely N-dealkylation sites (tertiary alicyclic amines) is 1. The van der Waals surface area contributed by atoms with Gasteiger partial charge in [-0.05, 0) is 63.6 Å². The molecule has 2 rings (SSSR count). The van der Waals surface area contributed by atoms with E-state index in [4.69, 9.17) is 5.73 Å². The van der Waals surface area contributed by atoms with Crippen molar-refractivity contribution < 1.29 is 0 Å². The summed E-state index contributed by atoms with van der Waals surface area (Å²) in [6.45, 7) is 12.4. The standard InChI is InChI=1S/C19H32N2/c1-14(2)17-6-5-8-21(9-7-17)13-19(20)18-11-15(3)10-16(4)12-18/h10-12,14,17,19H,5-9,13,20H2,1-4H3. The van der Waals surface area contributed by atoms with Crippen LogP contribution in [-0.2, 0) is 0 Å². The first kappa shape index (κ1) is 16.5. The van der Waals surface area contributed by atoms with Crippen molar-refractivity contribution in [2.45, 2.75) is 53.0 Å². The van der Waals surface area contributed by atoms with Crippen LogP contribution in [0.2, 0.25) is 0 Å². The molecule has 1 heterocycles.